The molecule has 0 saturated heterocycles. The van der Waals surface area contributed by atoms with E-state index in [9.17, 15) is 5.11 Å². The summed E-state index contributed by atoms with van der Waals surface area (Å²) in [5.41, 5.74) is 1.04. The maximum Gasteiger partial charge on any atom is 0.120 e. The van der Waals surface area contributed by atoms with Gasteiger partial charge < -0.3 is 10.4 Å². The highest BCUT2D eigenvalue weighted by molar-refractivity contribution is 7.98. The summed E-state index contributed by atoms with van der Waals surface area (Å²) in [7, 11) is 1.95. The Bertz CT molecular complexity index is 339. The summed E-state index contributed by atoms with van der Waals surface area (Å²) in [6, 6.07) is 5.97. The molecule has 3 heteroatoms. The Kier molecular flexibility index (Phi) is 5.16. The summed E-state index contributed by atoms with van der Waals surface area (Å²) in [5.74, 6) is 1.29. The minimum Gasteiger partial charge on any atom is -0.508 e. The molecule has 90 valence electrons. The molecule has 0 spiro atoms. The second-order valence-corrected chi connectivity index (χ2v) is 5.21. The molecule has 1 rings (SSSR count). The van der Waals surface area contributed by atoms with Crippen molar-refractivity contribution in [3.63, 3.8) is 0 Å². The van der Waals surface area contributed by atoms with Crippen molar-refractivity contribution in [2.45, 2.75) is 24.7 Å². The molecule has 1 atom stereocenters. The van der Waals surface area contributed by atoms with Crippen molar-refractivity contribution in [1.29, 1.82) is 0 Å². The van der Waals surface area contributed by atoms with E-state index in [1.54, 1.807) is 11.8 Å². The fourth-order valence-corrected chi connectivity index (χ4v) is 2.32. The molecule has 0 fully saturated rings. The van der Waals surface area contributed by atoms with E-state index in [0.29, 0.717) is 17.6 Å². The quantitative estimate of drug-likeness (QED) is 0.775. The highest BCUT2D eigenvalue weighted by Crippen LogP contribution is 2.33. The van der Waals surface area contributed by atoms with Crippen molar-refractivity contribution in [1.82, 2.24) is 5.32 Å². The molecule has 0 aliphatic carbocycles. The first-order valence-corrected chi connectivity index (χ1v) is 6.84. The van der Waals surface area contributed by atoms with Gasteiger partial charge in [-0.05, 0) is 36.9 Å². The number of benzene rings is 1. The Morgan fingerprint density at radius 3 is 2.50 bits per heavy atom. The summed E-state index contributed by atoms with van der Waals surface area (Å²) >= 11 is 1.65. The van der Waals surface area contributed by atoms with E-state index in [2.05, 4.69) is 25.2 Å². The predicted octanol–water partition coefficient (Wildman–Crippen LogP) is 3.07. The van der Waals surface area contributed by atoms with Gasteiger partial charge in [-0.2, -0.15) is 0 Å². The van der Waals surface area contributed by atoms with E-state index in [4.69, 9.17) is 0 Å². The van der Waals surface area contributed by atoms with Crippen LogP contribution < -0.4 is 5.32 Å². The first kappa shape index (κ1) is 13.4. The Balaban J connectivity index is 3.00. The zero-order valence-corrected chi connectivity index (χ0v) is 11.3. The Hall–Kier alpha value is -0.670. The van der Waals surface area contributed by atoms with Crippen LogP contribution in [-0.2, 0) is 0 Å². The molecule has 1 aromatic rings. The Morgan fingerprint density at radius 1 is 1.38 bits per heavy atom. The number of likely N-dealkylation sites (N-methyl/N-ethyl adjacent to an activating group) is 1. The van der Waals surface area contributed by atoms with Crippen molar-refractivity contribution in [2.75, 3.05) is 19.8 Å². The summed E-state index contributed by atoms with van der Waals surface area (Å²) in [5, 5.41) is 13.2. The van der Waals surface area contributed by atoms with Gasteiger partial charge in [-0.15, -0.1) is 11.8 Å². The average molecular weight is 239 g/mol. The van der Waals surface area contributed by atoms with Gasteiger partial charge in [-0.1, -0.05) is 19.9 Å². The minimum absolute atomic E-state index is 0.362. The second-order valence-electron chi connectivity index (χ2n) is 4.33. The van der Waals surface area contributed by atoms with Crippen LogP contribution in [0, 0.1) is 5.92 Å². The first-order chi connectivity index (χ1) is 7.60. The molecule has 1 aromatic carbocycles. The minimum atomic E-state index is 0.362. The van der Waals surface area contributed by atoms with E-state index >= 15 is 0 Å². The van der Waals surface area contributed by atoms with E-state index in [-0.39, 0.29) is 0 Å². The van der Waals surface area contributed by atoms with Gasteiger partial charge >= 0.3 is 0 Å². The summed E-state index contributed by atoms with van der Waals surface area (Å²) in [4.78, 5) is 1.10. The number of phenols is 1. The maximum atomic E-state index is 10.0. The molecule has 0 saturated carbocycles. The highest BCUT2D eigenvalue weighted by atomic mass is 32.2. The standard InChI is InChI=1S/C13H21NOS/c1-9(2)12(8-14-3)11-6-5-10(16-4)7-13(11)15/h5-7,9,12,14-15H,8H2,1-4H3. The normalized spacial score (nSPS) is 13.1. The molecule has 0 aliphatic heterocycles. The maximum absolute atomic E-state index is 10.0. The summed E-state index contributed by atoms with van der Waals surface area (Å²) < 4.78 is 0. The van der Waals surface area contributed by atoms with Gasteiger partial charge in [0.2, 0.25) is 0 Å². The number of hydrogen-bond donors (Lipinski definition) is 2. The molecule has 0 radical (unpaired) electrons. The van der Waals surface area contributed by atoms with Crippen LogP contribution in [-0.4, -0.2) is 25.0 Å². The molecule has 0 heterocycles. The van der Waals surface area contributed by atoms with Gasteiger partial charge in [-0.25, -0.2) is 0 Å². The second kappa shape index (κ2) is 6.16. The topological polar surface area (TPSA) is 32.3 Å². The average Bonchev–Trinajstić information content (AvgIpc) is 2.26. The van der Waals surface area contributed by atoms with Crippen LogP contribution >= 0.6 is 11.8 Å². The lowest BCUT2D eigenvalue weighted by Gasteiger charge is -2.22. The molecule has 0 amide bonds. The number of phenolic OH excluding ortho intramolecular Hbond substituents is 1. The third-order valence-corrected chi connectivity index (χ3v) is 3.59. The van der Waals surface area contributed by atoms with Crippen LogP contribution in [0.4, 0.5) is 0 Å². The monoisotopic (exact) mass is 239 g/mol. The van der Waals surface area contributed by atoms with Gasteiger partial charge in [0.15, 0.2) is 0 Å². The molecule has 0 aliphatic rings. The van der Waals surface area contributed by atoms with Crippen molar-refractivity contribution >= 4 is 11.8 Å². The number of nitrogens with one attached hydrogen (secondary N) is 1. The molecule has 0 bridgehead atoms. The fraction of sp³-hybridized carbons (Fsp3) is 0.538. The van der Waals surface area contributed by atoms with Crippen LogP contribution in [0.1, 0.15) is 25.3 Å². The molecule has 2 nitrogen and oxygen atoms in total. The lowest BCUT2D eigenvalue weighted by molar-refractivity contribution is 0.427. The van der Waals surface area contributed by atoms with Crippen molar-refractivity contribution < 1.29 is 5.11 Å². The van der Waals surface area contributed by atoms with Gasteiger partial charge in [-0.3, -0.25) is 0 Å². The van der Waals surface area contributed by atoms with E-state index < -0.39 is 0 Å². The lowest BCUT2D eigenvalue weighted by Crippen LogP contribution is -2.21. The van der Waals surface area contributed by atoms with Crippen LogP contribution in [0.5, 0.6) is 5.75 Å². The largest absolute Gasteiger partial charge is 0.508 e. The third kappa shape index (κ3) is 3.16. The van der Waals surface area contributed by atoms with Crippen molar-refractivity contribution in [3.05, 3.63) is 23.8 Å². The van der Waals surface area contributed by atoms with Crippen LogP contribution in [0.15, 0.2) is 23.1 Å². The zero-order valence-electron chi connectivity index (χ0n) is 10.4. The molecular weight excluding hydrogens is 218 g/mol. The van der Waals surface area contributed by atoms with Crippen molar-refractivity contribution in [2.24, 2.45) is 5.92 Å². The first-order valence-electron chi connectivity index (χ1n) is 5.61. The van der Waals surface area contributed by atoms with Gasteiger partial charge in [0, 0.05) is 17.4 Å². The van der Waals surface area contributed by atoms with E-state index in [1.807, 2.05) is 25.4 Å². The van der Waals surface area contributed by atoms with E-state index in [1.165, 1.54) is 0 Å². The van der Waals surface area contributed by atoms with Crippen LogP contribution in [0.2, 0.25) is 0 Å². The summed E-state index contributed by atoms with van der Waals surface area (Å²) in [6.07, 6.45) is 2.02. The predicted molar refractivity (Wildman–Crippen MR) is 71.4 cm³/mol. The van der Waals surface area contributed by atoms with Crippen molar-refractivity contribution in [3.8, 4) is 5.75 Å². The fourth-order valence-electron chi connectivity index (χ4n) is 1.89. The highest BCUT2D eigenvalue weighted by Gasteiger charge is 2.18. The number of thioether (sulfide) groups is 1. The zero-order chi connectivity index (χ0) is 12.1. The Labute approximate surface area is 102 Å². The molecule has 1 unspecified atom stereocenters. The van der Waals surface area contributed by atoms with Gasteiger partial charge in [0.05, 0.1) is 0 Å². The molecular formula is C13H21NOS. The molecule has 16 heavy (non-hydrogen) atoms. The van der Waals surface area contributed by atoms with E-state index in [0.717, 1.165) is 17.0 Å². The molecule has 0 aromatic heterocycles. The number of aromatic hydroxyl groups is 1. The third-order valence-electron chi connectivity index (χ3n) is 2.87. The summed E-state index contributed by atoms with van der Waals surface area (Å²) in [6.45, 7) is 5.26. The van der Waals surface area contributed by atoms with Crippen LogP contribution in [0.3, 0.4) is 0 Å². The lowest BCUT2D eigenvalue weighted by atomic mass is 9.88. The number of hydrogen-bond acceptors (Lipinski definition) is 3. The smallest absolute Gasteiger partial charge is 0.120 e. The Morgan fingerprint density at radius 2 is 2.06 bits per heavy atom. The SMILES string of the molecule is CNCC(c1ccc(SC)cc1O)C(C)C. The van der Waals surface area contributed by atoms with Gasteiger partial charge in [0.1, 0.15) is 5.75 Å². The van der Waals surface area contributed by atoms with Crippen LogP contribution in [0.25, 0.3) is 0 Å². The number of rotatable bonds is 5. The molecule has 2 N–H and O–H groups in total. The van der Waals surface area contributed by atoms with Gasteiger partial charge in [0.25, 0.3) is 0 Å².